The summed E-state index contributed by atoms with van der Waals surface area (Å²) in [4.78, 5) is 9.89. The number of aromatic nitrogens is 1. The van der Waals surface area contributed by atoms with Gasteiger partial charge in [-0.25, -0.2) is 0 Å². The van der Waals surface area contributed by atoms with Crippen LogP contribution in [0, 0.1) is 0 Å². The van der Waals surface area contributed by atoms with Crippen molar-refractivity contribution in [1.29, 1.82) is 0 Å². The molecule has 0 radical (unpaired) electrons. The molecule has 0 amide bonds. The van der Waals surface area contributed by atoms with Gasteiger partial charge < -0.3 is 28.6 Å². The van der Waals surface area contributed by atoms with Crippen molar-refractivity contribution in [2.75, 3.05) is 19.6 Å². The number of fused-ring (bicyclic) bond motifs is 14. The average Bonchev–Trinajstić information content (AvgIpc) is 0.980. The standard InChI is InChI=1S/C90H57B2N5O/c1-4-22-64(23-5-1)94-79-34-15-12-31-73(79)91-75-55-61(45-51-81(75)96(66-26-8-3-9-27-66)85-38-19-36-83(94)89(85)91)60-44-50-78-72(54-60)69-29-10-14-33-77(69)93(78)67-47-41-58(42-48-67)59-21-18-28-68(53-59)97-82-52-46-62(63-43-49-71-70-30-11-17-40-87(70)98-88(71)57-63)56-76(82)92-74-32-13-16-35-80(74)95(65-24-6-2-7-25-65)84-37-20-39-86(97)90(84)92/h1-57H. The number of rotatable bonds is 8. The summed E-state index contributed by atoms with van der Waals surface area (Å²) in [7, 11) is 0. The van der Waals surface area contributed by atoms with Gasteiger partial charge in [-0.05, 0) is 212 Å². The highest BCUT2D eigenvalue weighted by Gasteiger charge is 2.45. The number of hydrogen-bond donors (Lipinski definition) is 0. The number of anilines is 12. The second-order valence-electron chi connectivity index (χ2n) is 26.3. The summed E-state index contributed by atoms with van der Waals surface area (Å²) in [6.07, 6.45) is 0. The van der Waals surface area contributed by atoms with Gasteiger partial charge in [-0.1, -0.05) is 200 Å². The molecule has 6 heterocycles. The second kappa shape index (κ2) is 21.4. The molecule has 6 nitrogen and oxygen atoms in total. The van der Waals surface area contributed by atoms with Crippen LogP contribution in [0.1, 0.15) is 0 Å². The summed E-state index contributed by atoms with van der Waals surface area (Å²) in [6.45, 7) is -0.0131. The summed E-state index contributed by atoms with van der Waals surface area (Å²) < 4.78 is 8.92. The first kappa shape index (κ1) is 54.6. The fraction of sp³-hybridized carbons (Fsp3) is 0. The van der Waals surface area contributed by atoms with E-state index in [1.807, 2.05) is 6.07 Å². The van der Waals surface area contributed by atoms with Crippen LogP contribution in [0.25, 0.3) is 82.8 Å². The van der Waals surface area contributed by atoms with Gasteiger partial charge >= 0.3 is 0 Å². The summed E-state index contributed by atoms with van der Waals surface area (Å²) in [6, 6.07) is 128. The molecular weight excluding hydrogens is 1190 g/mol. The van der Waals surface area contributed by atoms with E-state index < -0.39 is 0 Å². The second-order valence-corrected chi connectivity index (χ2v) is 26.3. The normalized spacial score (nSPS) is 13.2. The van der Waals surface area contributed by atoms with Crippen molar-refractivity contribution in [2.45, 2.75) is 0 Å². The summed E-state index contributed by atoms with van der Waals surface area (Å²) in [5.41, 5.74) is 33.9. The Balaban J connectivity index is 0.660. The zero-order valence-electron chi connectivity index (χ0n) is 53.2. The van der Waals surface area contributed by atoms with Gasteiger partial charge in [0, 0.05) is 95.5 Å². The van der Waals surface area contributed by atoms with Crippen molar-refractivity contribution in [3.8, 4) is 39.1 Å². The summed E-state index contributed by atoms with van der Waals surface area (Å²) >= 11 is 0. The monoisotopic (exact) mass is 1250 g/mol. The zero-order chi connectivity index (χ0) is 64.1. The number of hydrogen-bond acceptors (Lipinski definition) is 5. The van der Waals surface area contributed by atoms with Crippen molar-refractivity contribution < 1.29 is 4.42 Å². The Kier molecular flexibility index (Phi) is 11.9. The van der Waals surface area contributed by atoms with Crippen LogP contribution >= 0.6 is 0 Å². The quantitative estimate of drug-likeness (QED) is 0.142. The van der Waals surface area contributed by atoms with Crippen molar-refractivity contribution in [2.24, 2.45) is 0 Å². The molecule has 0 bridgehead atoms. The van der Waals surface area contributed by atoms with E-state index in [-0.39, 0.29) is 13.4 Å². The van der Waals surface area contributed by atoms with Crippen molar-refractivity contribution in [1.82, 2.24) is 4.57 Å². The topological polar surface area (TPSA) is 31.0 Å². The number of para-hydroxylation sites is 7. The molecule has 0 saturated carbocycles. The van der Waals surface area contributed by atoms with Crippen LogP contribution in [0.15, 0.2) is 350 Å². The van der Waals surface area contributed by atoms with Gasteiger partial charge in [0.05, 0.1) is 11.0 Å². The Hall–Kier alpha value is -12.8. The number of nitrogens with zero attached hydrogens (tertiary/aromatic N) is 5. The maximum Gasteiger partial charge on any atom is 0.252 e. The van der Waals surface area contributed by atoms with Crippen LogP contribution in [0.3, 0.4) is 0 Å². The van der Waals surface area contributed by atoms with Gasteiger partial charge in [0.2, 0.25) is 0 Å². The van der Waals surface area contributed by atoms with E-state index in [4.69, 9.17) is 4.42 Å². The molecule has 8 heteroatoms. The molecule has 454 valence electrons. The van der Waals surface area contributed by atoms with Crippen LogP contribution in [-0.2, 0) is 0 Å². The Morgan fingerprint density at radius 1 is 0.204 bits per heavy atom. The Morgan fingerprint density at radius 2 is 0.602 bits per heavy atom. The van der Waals surface area contributed by atoms with Crippen LogP contribution < -0.4 is 52.4 Å². The van der Waals surface area contributed by atoms with Gasteiger partial charge in [-0.15, -0.1) is 0 Å². The maximum atomic E-state index is 6.48. The molecule has 0 aliphatic carbocycles. The van der Waals surface area contributed by atoms with Gasteiger partial charge in [-0.3, -0.25) is 0 Å². The van der Waals surface area contributed by atoms with Crippen molar-refractivity contribution in [3.05, 3.63) is 346 Å². The highest BCUT2D eigenvalue weighted by Crippen LogP contribution is 2.48. The van der Waals surface area contributed by atoms with E-state index in [9.17, 15) is 0 Å². The van der Waals surface area contributed by atoms with Crippen molar-refractivity contribution >= 4 is 158 Å². The average molecular weight is 1250 g/mol. The molecule has 98 heavy (non-hydrogen) atoms. The SMILES string of the molecule is c1ccc(N2c3ccccc3B3c4cc(-c5ccc6c(c5)c5ccccc5n6-c5ccc(-c6cccc(N7c8ccc(-c9ccc%10c(c9)oc9ccccc9%10)cc8B8c9ccccc9N(c9ccccc9)c9cccc7c98)c6)cc5)ccc4N(c4ccccc4)c4cccc2c43)cc1. The predicted octanol–water partition coefficient (Wildman–Crippen LogP) is 19.8. The zero-order valence-corrected chi connectivity index (χ0v) is 53.2. The smallest absolute Gasteiger partial charge is 0.252 e. The Bertz CT molecular complexity index is 6110. The Labute approximate surface area is 568 Å². The lowest BCUT2D eigenvalue weighted by atomic mass is 9.33. The van der Waals surface area contributed by atoms with E-state index in [1.54, 1.807) is 0 Å². The maximum absolute atomic E-state index is 6.48. The molecule has 0 spiro atoms. The molecule has 15 aromatic carbocycles. The fourth-order valence-corrected chi connectivity index (χ4v) is 16.9. The van der Waals surface area contributed by atoms with E-state index in [0.717, 1.165) is 78.3 Å². The molecule has 0 N–H and O–H groups in total. The largest absolute Gasteiger partial charge is 0.456 e. The van der Waals surface area contributed by atoms with E-state index in [0.29, 0.717) is 0 Å². The molecular formula is C90H57B2N5O. The lowest BCUT2D eigenvalue weighted by Gasteiger charge is -2.44. The molecule has 0 atom stereocenters. The number of furan rings is 1. The highest BCUT2D eigenvalue weighted by molar-refractivity contribution is 7.01. The van der Waals surface area contributed by atoms with Crippen LogP contribution in [0.2, 0.25) is 0 Å². The van der Waals surface area contributed by atoms with Gasteiger partial charge in [0.1, 0.15) is 11.2 Å². The third kappa shape index (κ3) is 8.12. The molecule has 0 fully saturated rings. The van der Waals surface area contributed by atoms with Gasteiger partial charge in [0.15, 0.2) is 0 Å². The molecule has 17 aromatic rings. The van der Waals surface area contributed by atoms with Crippen LogP contribution in [0.4, 0.5) is 68.2 Å². The molecule has 4 aliphatic heterocycles. The third-order valence-electron chi connectivity index (χ3n) is 21.1. The molecule has 0 saturated heterocycles. The lowest BCUT2D eigenvalue weighted by molar-refractivity contribution is 0.669. The highest BCUT2D eigenvalue weighted by atomic mass is 16.3. The third-order valence-corrected chi connectivity index (χ3v) is 21.1. The summed E-state index contributed by atoms with van der Waals surface area (Å²) in [5.74, 6) is 0. The first-order chi connectivity index (χ1) is 48.6. The molecule has 2 aromatic heterocycles. The first-order valence-corrected chi connectivity index (χ1v) is 33.9. The van der Waals surface area contributed by atoms with E-state index in [1.165, 1.54) is 106 Å². The molecule has 21 rings (SSSR count). The van der Waals surface area contributed by atoms with Crippen LogP contribution in [-0.4, -0.2) is 18.0 Å². The first-order valence-electron chi connectivity index (χ1n) is 33.9. The van der Waals surface area contributed by atoms with E-state index in [2.05, 4.69) is 364 Å². The fourth-order valence-electron chi connectivity index (χ4n) is 16.9. The van der Waals surface area contributed by atoms with Gasteiger partial charge in [-0.2, -0.15) is 0 Å². The number of benzene rings is 15. The van der Waals surface area contributed by atoms with E-state index >= 15 is 0 Å². The van der Waals surface area contributed by atoms with Gasteiger partial charge in [0.25, 0.3) is 13.4 Å². The summed E-state index contributed by atoms with van der Waals surface area (Å²) in [5, 5.41) is 4.70. The predicted molar refractivity (Wildman–Crippen MR) is 412 cm³/mol. The minimum Gasteiger partial charge on any atom is -0.456 e. The van der Waals surface area contributed by atoms with Crippen molar-refractivity contribution in [3.63, 3.8) is 0 Å². The minimum atomic E-state index is -0.0255. The van der Waals surface area contributed by atoms with Crippen LogP contribution in [0.5, 0.6) is 0 Å². The molecule has 0 unspecified atom stereocenters. The Morgan fingerprint density at radius 3 is 1.19 bits per heavy atom. The lowest BCUT2D eigenvalue weighted by Crippen LogP contribution is -2.61. The molecule has 4 aliphatic rings. The minimum absolute atomic E-state index is 0.0124.